The Balaban J connectivity index is 2.01. The van der Waals surface area contributed by atoms with E-state index < -0.39 is 6.17 Å². The Bertz CT molecular complexity index is 329. The first-order valence-corrected chi connectivity index (χ1v) is 6.14. The van der Waals surface area contributed by atoms with E-state index in [9.17, 15) is 4.39 Å². The van der Waals surface area contributed by atoms with Gasteiger partial charge in [0.25, 0.3) is 0 Å². The van der Waals surface area contributed by atoms with E-state index in [4.69, 9.17) is 0 Å². The molecule has 0 amide bonds. The standard InChI is InChI=1S/C12H15BrFN/c13-11-3-1-2-9(7-11)6-10-8-15-5-4-12(10)14/h1-3,7,10,12,15H,4-6,8H2. The lowest BCUT2D eigenvalue weighted by atomic mass is 9.91. The summed E-state index contributed by atoms with van der Waals surface area (Å²) in [5.74, 6) is 0.132. The molecule has 82 valence electrons. The van der Waals surface area contributed by atoms with E-state index in [1.807, 2.05) is 12.1 Å². The van der Waals surface area contributed by atoms with Crippen molar-refractivity contribution < 1.29 is 4.39 Å². The summed E-state index contributed by atoms with van der Waals surface area (Å²) in [5.41, 5.74) is 1.21. The monoisotopic (exact) mass is 271 g/mol. The Hall–Kier alpha value is -0.410. The summed E-state index contributed by atoms with van der Waals surface area (Å²) < 4.78 is 14.7. The van der Waals surface area contributed by atoms with Gasteiger partial charge in [-0.25, -0.2) is 4.39 Å². The molecule has 2 atom stereocenters. The van der Waals surface area contributed by atoms with Crippen LogP contribution < -0.4 is 5.32 Å². The predicted octanol–water partition coefficient (Wildman–Crippen LogP) is 2.94. The number of piperidine rings is 1. The van der Waals surface area contributed by atoms with Crippen molar-refractivity contribution in [3.8, 4) is 0 Å². The van der Waals surface area contributed by atoms with Crippen molar-refractivity contribution in [2.24, 2.45) is 5.92 Å². The number of hydrogen-bond acceptors (Lipinski definition) is 1. The third kappa shape index (κ3) is 3.02. The molecule has 1 aromatic carbocycles. The molecule has 0 aromatic heterocycles. The smallest absolute Gasteiger partial charge is 0.106 e. The molecule has 1 aromatic rings. The fraction of sp³-hybridized carbons (Fsp3) is 0.500. The summed E-state index contributed by atoms with van der Waals surface area (Å²) in [6.07, 6.45) is 0.831. The maximum atomic E-state index is 13.6. The third-order valence-corrected chi connectivity index (χ3v) is 3.40. The molecule has 2 unspecified atom stereocenters. The molecular formula is C12H15BrFN. The topological polar surface area (TPSA) is 12.0 Å². The van der Waals surface area contributed by atoms with Gasteiger partial charge in [-0.2, -0.15) is 0 Å². The second kappa shape index (κ2) is 5.08. The van der Waals surface area contributed by atoms with Gasteiger partial charge >= 0.3 is 0 Å². The zero-order valence-electron chi connectivity index (χ0n) is 8.55. The van der Waals surface area contributed by atoms with Crippen molar-refractivity contribution in [1.29, 1.82) is 0 Å². The highest BCUT2D eigenvalue weighted by Gasteiger charge is 2.24. The van der Waals surface area contributed by atoms with Crippen molar-refractivity contribution in [3.63, 3.8) is 0 Å². The molecule has 0 bridgehead atoms. The van der Waals surface area contributed by atoms with Crippen LogP contribution in [0.1, 0.15) is 12.0 Å². The van der Waals surface area contributed by atoms with Crippen LogP contribution in [-0.2, 0) is 6.42 Å². The maximum absolute atomic E-state index is 13.6. The van der Waals surface area contributed by atoms with E-state index in [-0.39, 0.29) is 5.92 Å². The van der Waals surface area contributed by atoms with Gasteiger partial charge in [0.15, 0.2) is 0 Å². The first-order chi connectivity index (χ1) is 7.25. The SMILES string of the molecule is FC1CCNCC1Cc1cccc(Br)c1. The van der Waals surface area contributed by atoms with Crippen LogP contribution >= 0.6 is 15.9 Å². The van der Waals surface area contributed by atoms with E-state index in [1.54, 1.807) is 0 Å². The van der Waals surface area contributed by atoms with Crippen LogP contribution in [0.3, 0.4) is 0 Å². The van der Waals surface area contributed by atoms with E-state index in [0.29, 0.717) is 6.42 Å². The molecule has 0 aliphatic carbocycles. The number of alkyl halides is 1. The minimum Gasteiger partial charge on any atom is -0.316 e. The Labute approximate surface area is 98.2 Å². The second-order valence-electron chi connectivity index (χ2n) is 4.10. The molecule has 3 heteroatoms. The third-order valence-electron chi connectivity index (χ3n) is 2.90. The quantitative estimate of drug-likeness (QED) is 0.872. The lowest BCUT2D eigenvalue weighted by Crippen LogP contribution is -2.38. The van der Waals surface area contributed by atoms with Crippen molar-refractivity contribution >= 4 is 15.9 Å². The highest BCUT2D eigenvalue weighted by atomic mass is 79.9. The van der Waals surface area contributed by atoms with Crippen LogP contribution in [0.15, 0.2) is 28.7 Å². The summed E-state index contributed by atoms with van der Waals surface area (Å²) in [5, 5.41) is 3.25. The van der Waals surface area contributed by atoms with Gasteiger partial charge in [-0.3, -0.25) is 0 Å². The molecule has 1 saturated heterocycles. The number of rotatable bonds is 2. The van der Waals surface area contributed by atoms with Crippen LogP contribution in [0.25, 0.3) is 0 Å². The molecule has 1 fully saturated rings. The molecule has 1 aliphatic heterocycles. The van der Waals surface area contributed by atoms with E-state index in [1.165, 1.54) is 5.56 Å². The number of halogens is 2. The molecule has 1 nitrogen and oxygen atoms in total. The largest absolute Gasteiger partial charge is 0.316 e. The minimum atomic E-state index is -0.648. The molecule has 1 heterocycles. The lowest BCUT2D eigenvalue weighted by molar-refractivity contribution is 0.178. The van der Waals surface area contributed by atoms with Gasteiger partial charge in [0.05, 0.1) is 0 Å². The first kappa shape index (κ1) is 11.1. The summed E-state index contributed by atoms with van der Waals surface area (Å²) in [6, 6.07) is 8.13. The molecule has 0 radical (unpaired) electrons. The zero-order chi connectivity index (χ0) is 10.7. The highest BCUT2D eigenvalue weighted by Crippen LogP contribution is 2.21. The fourth-order valence-electron chi connectivity index (χ4n) is 2.06. The van der Waals surface area contributed by atoms with Crippen molar-refractivity contribution in [2.75, 3.05) is 13.1 Å². The van der Waals surface area contributed by atoms with Crippen LogP contribution in [0.2, 0.25) is 0 Å². The Morgan fingerprint density at radius 2 is 2.33 bits per heavy atom. The summed E-state index contributed by atoms with van der Waals surface area (Å²) in [6.45, 7) is 1.61. The molecule has 1 N–H and O–H groups in total. The number of nitrogens with one attached hydrogen (secondary N) is 1. The Morgan fingerprint density at radius 3 is 3.07 bits per heavy atom. The van der Waals surface area contributed by atoms with Gasteiger partial charge in [-0.05, 0) is 37.1 Å². The average Bonchev–Trinajstić information content (AvgIpc) is 2.22. The Kier molecular flexibility index (Phi) is 3.76. The lowest BCUT2D eigenvalue weighted by Gasteiger charge is -2.26. The van der Waals surface area contributed by atoms with Gasteiger partial charge in [0.1, 0.15) is 6.17 Å². The zero-order valence-corrected chi connectivity index (χ0v) is 10.1. The summed E-state index contributed by atoms with van der Waals surface area (Å²) in [4.78, 5) is 0. The molecular weight excluding hydrogens is 257 g/mol. The number of benzene rings is 1. The summed E-state index contributed by atoms with van der Waals surface area (Å²) >= 11 is 3.43. The van der Waals surface area contributed by atoms with Crippen molar-refractivity contribution in [3.05, 3.63) is 34.3 Å². The summed E-state index contributed by atoms with van der Waals surface area (Å²) in [7, 11) is 0. The minimum absolute atomic E-state index is 0.132. The van der Waals surface area contributed by atoms with E-state index in [2.05, 4.69) is 33.4 Å². The highest BCUT2D eigenvalue weighted by molar-refractivity contribution is 9.10. The predicted molar refractivity (Wildman–Crippen MR) is 63.7 cm³/mol. The maximum Gasteiger partial charge on any atom is 0.106 e. The van der Waals surface area contributed by atoms with Gasteiger partial charge in [0, 0.05) is 16.9 Å². The van der Waals surface area contributed by atoms with Gasteiger partial charge in [0.2, 0.25) is 0 Å². The molecule has 0 spiro atoms. The molecule has 0 saturated carbocycles. The fourth-order valence-corrected chi connectivity index (χ4v) is 2.50. The average molecular weight is 272 g/mol. The van der Waals surface area contributed by atoms with E-state index in [0.717, 1.165) is 24.0 Å². The van der Waals surface area contributed by atoms with Gasteiger partial charge in [-0.15, -0.1) is 0 Å². The normalized spacial score (nSPS) is 26.5. The van der Waals surface area contributed by atoms with Crippen molar-refractivity contribution in [1.82, 2.24) is 5.32 Å². The van der Waals surface area contributed by atoms with Crippen LogP contribution in [-0.4, -0.2) is 19.3 Å². The molecule has 2 rings (SSSR count). The van der Waals surface area contributed by atoms with Crippen LogP contribution in [0.5, 0.6) is 0 Å². The Morgan fingerprint density at radius 1 is 1.47 bits per heavy atom. The molecule has 1 aliphatic rings. The van der Waals surface area contributed by atoms with Gasteiger partial charge in [-0.1, -0.05) is 28.1 Å². The molecule has 15 heavy (non-hydrogen) atoms. The first-order valence-electron chi connectivity index (χ1n) is 5.35. The van der Waals surface area contributed by atoms with Crippen LogP contribution in [0.4, 0.5) is 4.39 Å². The van der Waals surface area contributed by atoms with Crippen molar-refractivity contribution in [2.45, 2.75) is 19.0 Å². The van der Waals surface area contributed by atoms with Gasteiger partial charge < -0.3 is 5.32 Å². The van der Waals surface area contributed by atoms with E-state index >= 15 is 0 Å². The van der Waals surface area contributed by atoms with Crippen LogP contribution in [0, 0.1) is 5.92 Å². The number of hydrogen-bond donors (Lipinski definition) is 1. The second-order valence-corrected chi connectivity index (χ2v) is 5.02.